The predicted octanol–water partition coefficient (Wildman–Crippen LogP) is 3.61. The molecule has 0 atom stereocenters. The first-order chi connectivity index (χ1) is 14.2. The molecular weight excluding hydrogens is 360 g/mol. The largest absolute Gasteiger partial charge is 0.356 e. The molecule has 2 aromatic carbocycles. The first kappa shape index (κ1) is 20.9. The van der Waals surface area contributed by atoms with Crippen LogP contribution in [0.25, 0.3) is 0 Å². The van der Waals surface area contributed by atoms with E-state index in [1.165, 1.54) is 24.8 Å². The van der Waals surface area contributed by atoms with Crippen molar-refractivity contribution in [2.45, 2.75) is 44.6 Å². The summed E-state index contributed by atoms with van der Waals surface area (Å²) in [6, 6.07) is 18.5. The van der Waals surface area contributed by atoms with Gasteiger partial charge in [0, 0.05) is 37.7 Å². The van der Waals surface area contributed by atoms with E-state index >= 15 is 0 Å². The Labute approximate surface area is 174 Å². The van der Waals surface area contributed by atoms with Crippen molar-refractivity contribution < 1.29 is 4.79 Å². The molecule has 1 fully saturated rings. The van der Waals surface area contributed by atoms with Crippen molar-refractivity contribution in [1.29, 1.82) is 0 Å². The summed E-state index contributed by atoms with van der Waals surface area (Å²) in [7, 11) is 1.79. The molecule has 1 amide bonds. The lowest BCUT2D eigenvalue weighted by Crippen LogP contribution is -2.48. The molecule has 0 aromatic heterocycles. The molecule has 154 valence electrons. The number of aliphatic imine (C=N–C) groups is 1. The fraction of sp³-hybridized carbons (Fsp3) is 0.417. The average molecular weight is 393 g/mol. The van der Waals surface area contributed by atoms with Crippen molar-refractivity contribution in [1.82, 2.24) is 16.0 Å². The van der Waals surface area contributed by atoms with Gasteiger partial charge < -0.3 is 16.0 Å². The summed E-state index contributed by atoms with van der Waals surface area (Å²) in [5.74, 6) is 0.763. The lowest BCUT2D eigenvalue weighted by molar-refractivity contribution is 0.0953. The van der Waals surface area contributed by atoms with Crippen LogP contribution in [0, 0.1) is 0 Å². The standard InChI is InChI=1S/C24H32N4O/c1-3-15-26-22(29)20-10-7-9-19(16-20)17-27-23(25-2)28-18-24(13-8-14-24)21-11-5-4-6-12-21/h4-7,9-12,16H,3,8,13-15,17-18H2,1-2H3,(H,26,29)(H2,25,27,28). The van der Waals surface area contributed by atoms with Crippen LogP contribution < -0.4 is 16.0 Å². The molecule has 5 heteroatoms. The first-order valence-electron chi connectivity index (χ1n) is 10.5. The van der Waals surface area contributed by atoms with E-state index in [4.69, 9.17) is 0 Å². The zero-order valence-electron chi connectivity index (χ0n) is 17.5. The number of guanidine groups is 1. The molecule has 29 heavy (non-hydrogen) atoms. The number of carbonyl (C=O) groups is 1. The van der Waals surface area contributed by atoms with Crippen molar-refractivity contribution in [3.05, 3.63) is 71.3 Å². The highest BCUT2D eigenvalue weighted by atomic mass is 16.1. The second-order valence-electron chi connectivity index (χ2n) is 7.74. The van der Waals surface area contributed by atoms with E-state index in [2.05, 4.69) is 51.3 Å². The van der Waals surface area contributed by atoms with Crippen LogP contribution in [-0.4, -0.2) is 32.0 Å². The third-order valence-corrected chi connectivity index (χ3v) is 5.70. The summed E-state index contributed by atoms with van der Waals surface area (Å²) in [4.78, 5) is 16.5. The van der Waals surface area contributed by atoms with Gasteiger partial charge in [0.05, 0.1) is 0 Å². The lowest BCUT2D eigenvalue weighted by Gasteiger charge is -2.43. The minimum absolute atomic E-state index is 0.0222. The van der Waals surface area contributed by atoms with Gasteiger partial charge in [0.2, 0.25) is 0 Å². The van der Waals surface area contributed by atoms with E-state index in [9.17, 15) is 4.79 Å². The summed E-state index contributed by atoms with van der Waals surface area (Å²) in [6.45, 7) is 4.23. The number of hydrogen-bond acceptors (Lipinski definition) is 2. The Morgan fingerprint density at radius 1 is 1.03 bits per heavy atom. The van der Waals surface area contributed by atoms with Crippen LogP contribution in [-0.2, 0) is 12.0 Å². The van der Waals surface area contributed by atoms with Crippen LogP contribution in [0.1, 0.15) is 54.1 Å². The van der Waals surface area contributed by atoms with Crippen molar-refractivity contribution in [3.8, 4) is 0 Å². The summed E-state index contributed by atoms with van der Waals surface area (Å²) in [6.07, 6.45) is 4.61. The first-order valence-corrected chi connectivity index (χ1v) is 10.5. The fourth-order valence-electron chi connectivity index (χ4n) is 3.79. The number of benzene rings is 2. The zero-order chi connectivity index (χ0) is 20.5. The van der Waals surface area contributed by atoms with Crippen LogP contribution in [0.5, 0.6) is 0 Å². The molecule has 0 radical (unpaired) electrons. The van der Waals surface area contributed by atoms with E-state index in [-0.39, 0.29) is 11.3 Å². The molecule has 0 unspecified atom stereocenters. The number of nitrogens with zero attached hydrogens (tertiary/aromatic N) is 1. The maximum atomic E-state index is 12.2. The molecular formula is C24H32N4O. The smallest absolute Gasteiger partial charge is 0.251 e. The Balaban J connectivity index is 1.55. The molecule has 5 nitrogen and oxygen atoms in total. The number of rotatable bonds is 8. The molecule has 0 heterocycles. The molecule has 1 saturated carbocycles. The molecule has 0 bridgehead atoms. The minimum Gasteiger partial charge on any atom is -0.356 e. The van der Waals surface area contributed by atoms with Gasteiger partial charge in [-0.25, -0.2) is 0 Å². The van der Waals surface area contributed by atoms with E-state index in [1.54, 1.807) is 7.05 Å². The quantitative estimate of drug-likeness (QED) is 0.475. The molecule has 1 aliphatic rings. The summed E-state index contributed by atoms with van der Waals surface area (Å²) >= 11 is 0. The highest BCUT2D eigenvalue weighted by molar-refractivity contribution is 5.94. The number of amides is 1. The Morgan fingerprint density at radius 3 is 2.48 bits per heavy atom. The summed E-state index contributed by atoms with van der Waals surface area (Å²) < 4.78 is 0. The van der Waals surface area contributed by atoms with Crippen molar-refractivity contribution >= 4 is 11.9 Å². The van der Waals surface area contributed by atoms with Gasteiger partial charge in [-0.1, -0.05) is 55.8 Å². The number of nitrogens with one attached hydrogen (secondary N) is 3. The highest BCUT2D eigenvalue weighted by Crippen LogP contribution is 2.43. The Bertz CT molecular complexity index is 828. The monoisotopic (exact) mass is 392 g/mol. The second kappa shape index (κ2) is 10.1. The van der Waals surface area contributed by atoms with Crippen LogP contribution in [0.15, 0.2) is 59.6 Å². The van der Waals surface area contributed by atoms with Gasteiger partial charge in [-0.2, -0.15) is 0 Å². The SMILES string of the molecule is CCCNC(=O)c1cccc(CNC(=NC)NCC2(c3ccccc3)CCC2)c1. The van der Waals surface area contributed by atoms with Gasteiger partial charge in [-0.3, -0.25) is 9.79 Å². The van der Waals surface area contributed by atoms with E-state index in [0.717, 1.165) is 24.5 Å². The van der Waals surface area contributed by atoms with Crippen LogP contribution in [0.3, 0.4) is 0 Å². The van der Waals surface area contributed by atoms with Crippen molar-refractivity contribution in [3.63, 3.8) is 0 Å². The van der Waals surface area contributed by atoms with Crippen molar-refractivity contribution in [2.24, 2.45) is 4.99 Å². The Kier molecular flexibility index (Phi) is 7.28. The average Bonchev–Trinajstić information content (AvgIpc) is 2.74. The third kappa shape index (κ3) is 5.37. The van der Waals surface area contributed by atoms with Gasteiger partial charge in [-0.15, -0.1) is 0 Å². The molecule has 0 spiro atoms. The molecule has 3 N–H and O–H groups in total. The van der Waals surface area contributed by atoms with E-state index in [1.807, 2.05) is 31.2 Å². The highest BCUT2D eigenvalue weighted by Gasteiger charge is 2.38. The maximum Gasteiger partial charge on any atom is 0.251 e. The predicted molar refractivity (Wildman–Crippen MR) is 119 cm³/mol. The second-order valence-corrected chi connectivity index (χ2v) is 7.74. The van der Waals surface area contributed by atoms with Crippen LogP contribution >= 0.6 is 0 Å². The van der Waals surface area contributed by atoms with Gasteiger partial charge in [0.1, 0.15) is 0 Å². The molecule has 2 aromatic rings. The van der Waals surface area contributed by atoms with Crippen LogP contribution in [0.4, 0.5) is 0 Å². The maximum absolute atomic E-state index is 12.2. The van der Waals surface area contributed by atoms with Gasteiger partial charge in [-0.05, 0) is 42.5 Å². The van der Waals surface area contributed by atoms with Gasteiger partial charge >= 0.3 is 0 Å². The van der Waals surface area contributed by atoms with E-state index < -0.39 is 0 Å². The fourth-order valence-corrected chi connectivity index (χ4v) is 3.79. The van der Waals surface area contributed by atoms with Gasteiger partial charge in [0.25, 0.3) is 5.91 Å². The Hall–Kier alpha value is -2.82. The topological polar surface area (TPSA) is 65.5 Å². The van der Waals surface area contributed by atoms with Gasteiger partial charge in [0.15, 0.2) is 5.96 Å². The molecule has 0 aliphatic heterocycles. The summed E-state index contributed by atoms with van der Waals surface area (Å²) in [5.41, 5.74) is 3.35. The Morgan fingerprint density at radius 2 is 1.83 bits per heavy atom. The lowest BCUT2D eigenvalue weighted by atomic mass is 9.64. The third-order valence-electron chi connectivity index (χ3n) is 5.70. The molecule has 3 rings (SSSR count). The normalized spacial score (nSPS) is 15.3. The summed E-state index contributed by atoms with van der Waals surface area (Å²) in [5, 5.41) is 9.80. The van der Waals surface area contributed by atoms with Crippen LogP contribution in [0.2, 0.25) is 0 Å². The zero-order valence-corrected chi connectivity index (χ0v) is 17.5. The van der Waals surface area contributed by atoms with E-state index in [0.29, 0.717) is 18.7 Å². The number of hydrogen-bond donors (Lipinski definition) is 3. The van der Waals surface area contributed by atoms with Crippen molar-refractivity contribution in [2.75, 3.05) is 20.1 Å². The minimum atomic E-state index is -0.0222. The molecule has 0 saturated heterocycles. The number of carbonyl (C=O) groups excluding carboxylic acids is 1. The molecule has 1 aliphatic carbocycles.